The number of carbonyl (C=O) groups is 2. The van der Waals surface area contributed by atoms with Crippen LogP contribution in [0.3, 0.4) is 0 Å². The van der Waals surface area contributed by atoms with Crippen molar-refractivity contribution in [2.24, 2.45) is 5.41 Å². The van der Waals surface area contributed by atoms with Crippen molar-refractivity contribution in [3.05, 3.63) is 0 Å². The van der Waals surface area contributed by atoms with Crippen LogP contribution in [0.1, 0.15) is 47.5 Å². The van der Waals surface area contributed by atoms with E-state index in [9.17, 15) is 9.59 Å². The van der Waals surface area contributed by atoms with Gasteiger partial charge in [-0.3, -0.25) is 0 Å². The third kappa shape index (κ3) is 8.74. The van der Waals surface area contributed by atoms with Crippen molar-refractivity contribution in [3.63, 3.8) is 0 Å². The van der Waals surface area contributed by atoms with Crippen LogP contribution in [-0.4, -0.2) is 42.4 Å². The fraction of sp³-hybridized carbons (Fsp3) is 0.857. The summed E-state index contributed by atoms with van der Waals surface area (Å²) in [5, 5.41) is 14.2. The molecule has 2 amide bonds. The summed E-state index contributed by atoms with van der Waals surface area (Å²) in [4.78, 5) is 22.7. The number of aliphatic carboxylic acids is 1. The molecule has 0 saturated carbocycles. The molecule has 0 aromatic carbocycles. The van der Waals surface area contributed by atoms with Crippen LogP contribution in [0.4, 0.5) is 4.79 Å². The first-order valence-electron chi connectivity index (χ1n) is 7.03. The molecule has 118 valence electrons. The maximum atomic E-state index is 11.6. The zero-order valence-corrected chi connectivity index (χ0v) is 13.2. The maximum Gasteiger partial charge on any atom is 0.326 e. The zero-order chi connectivity index (χ0) is 15.8. The minimum absolute atomic E-state index is 0.217. The van der Waals surface area contributed by atoms with Crippen LogP contribution in [0.25, 0.3) is 0 Å². The number of hydrogen-bond donors (Lipinski definition) is 3. The van der Waals surface area contributed by atoms with Crippen molar-refractivity contribution in [2.45, 2.75) is 59.6 Å². The third-order valence-electron chi connectivity index (χ3n) is 2.70. The molecule has 20 heavy (non-hydrogen) atoms. The third-order valence-corrected chi connectivity index (χ3v) is 2.70. The quantitative estimate of drug-likeness (QED) is 0.596. The normalized spacial score (nSPS) is 13.1. The Bertz CT molecular complexity index is 311. The standard InChI is InChI=1S/C14H28N2O4/c1-10(2)20-9-7-6-8-15-13(19)16-11(12(17)18)14(3,4)5/h10-11H,6-9H2,1-5H3,(H,17,18)(H2,15,16,19). The van der Waals surface area contributed by atoms with Gasteiger partial charge in [0.2, 0.25) is 0 Å². The Hall–Kier alpha value is -1.30. The van der Waals surface area contributed by atoms with Crippen LogP contribution in [0.2, 0.25) is 0 Å². The highest BCUT2D eigenvalue weighted by molar-refractivity contribution is 5.83. The van der Waals surface area contributed by atoms with Crippen LogP contribution in [0.15, 0.2) is 0 Å². The van der Waals surface area contributed by atoms with Gasteiger partial charge in [0.05, 0.1) is 6.10 Å². The monoisotopic (exact) mass is 288 g/mol. The molecule has 0 spiro atoms. The minimum atomic E-state index is -1.03. The van der Waals surface area contributed by atoms with Gasteiger partial charge in [0.15, 0.2) is 0 Å². The number of ether oxygens (including phenoxy) is 1. The van der Waals surface area contributed by atoms with Crippen LogP contribution in [-0.2, 0) is 9.53 Å². The molecule has 0 aliphatic rings. The topological polar surface area (TPSA) is 87.7 Å². The van der Waals surface area contributed by atoms with E-state index in [0.717, 1.165) is 12.8 Å². The highest BCUT2D eigenvalue weighted by Crippen LogP contribution is 2.19. The first-order valence-corrected chi connectivity index (χ1v) is 7.03. The molecule has 3 N–H and O–H groups in total. The van der Waals surface area contributed by atoms with Gasteiger partial charge in [-0.15, -0.1) is 0 Å². The molecule has 0 radical (unpaired) electrons. The Kier molecular flexibility index (Phi) is 8.22. The number of carboxylic acids is 1. The Balaban J connectivity index is 3.90. The number of urea groups is 1. The highest BCUT2D eigenvalue weighted by Gasteiger charge is 2.32. The summed E-state index contributed by atoms with van der Waals surface area (Å²) in [6, 6.07) is -1.36. The second-order valence-electron chi connectivity index (χ2n) is 6.16. The molecule has 6 nitrogen and oxygen atoms in total. The van der Waals surface area contributed by atoms with Gasteiger partial charge in [0, 0.05) is 13.2 Å². The van der Waals surface area contributed by atoms with Crippen LogP contribution >= 0.6 is 0 Å². The van der Waals surface area contributed by atoms with E-state index in [1.54, 1.807) is 20.8 Å². The van der Waals surface area contributed by atoms with Crippen molar-refractivity contribution in [2.75, 3.05) is 13.2 Å². The van der Waals surface area contributed by atoms with Crippen molar-refractivity contribution >= 4 is 12.0 Å². The molecular formula is C14H28N2O4. The van der Waals surface area contributed by atoms with Gasteiger partial charge in [-0.1, -0.05) is 20.8 Å². The number of hydrogen-bond acceptors (Lipinski definition) is 3. The second kappa shape index (κ2) is 8.79. The molecular weight excluding hydrogens is 260 g/mol. The van der Waals surface area contributed by atoms with E-state index in [1.165, 1.54) is 0 Å². The Morgan fingerprint density at radius 3 is 2.25 bits per heavy atom. The van der Waals surface area contributed by atoms with E-state index in [2.05, 4.69) is 10.6 Å². The van der Waals surface area contributed by atoms with Crippen molar-refractivity contribution in [3.8, 4) is 0 Å². The second-order valence-corrected chi connectivity index (χ2v) is 6.16. The number of rotatable bonds is 8. The van der Waals surface area contributed by atoms with Crippen molar-refractivity contribution < 1.29 is 19.4 Å². The lowest BCUT2D eigenvalue weighted by Crippen LogP contribution is -2.52. The Labute approximate surface area is 121 Å². The SMILES string of the molecule is CC(C)OCCCCNC(=O)NC(C(=O)O)C(C)(C)C. The largest absolute Gasteiger partial charge is 0.480 e. The average molecular weight is 288 g/mol. The fourth-order valence-corrected chi connectivity index (χ4v) is 1.58. The minimum Gasteiger partial charge on any atom is -0.480 e. The molecule has 6 heteroatoms. The van der Waals surface area contributed by atoms with E-state index in [1.807, 2.05) is 13.8 Å². The molecule has 0 aromatic heterocycles. The smallest absolute Gasteiger partial charge is 0.326 e. The van der Waals surface area contributed by atoms with Crippen LogP contribution in [0.5, 0.6) is 0 Å². The molecule has 0 heterocycles. The molecule has 0 fully saturated rings. The average Bonchev–Trinajstić information content (AvgIpc) is 2.28. The lowest BCUT2D eigenvalue weighted by Gasteiger charge is -2.27. The molecule has 0 aromatic rings. The predicted octanol–water partition coefficient (Wildman–Crippen LogP) is 1.99. The van der Waals surface area contributed by atoms with Crippen LogP contribution in [0, 0.1) is 5.41 Å². The first kappa shape index (κ1) is 18.7. The lowest BCUT2D eigenvalue weighted by atomic mass is 9.87. The fourth-order valence-electron chi connectivity index (χ4n) is 1.58. The zero-order valence-electron chi connectivity index (χ0n) is 13.2. The molecule has 0 aliphatic carbocycles. The van der Waals surface area contributed by atoms with Gasteiger partial charge < -0.3 is 20.5 Å². The number of amides is 2. The van der Waals surface area contributed by atoms with Gasteiger partial charge in [-0.05, 0) is 32.1 Å². The Morgan fingerprint density at radius 2 is 1.80 bits per heavy atom. The number of carboxylic acid groups (broad SMARTS) is 1. The van der Waals surface area contributed by atoms with Gasteiger partial charge in [-0.2, -0.15) is 0 Å². The summed E-state index contributed by atoms with van der Waals surface area (Å²) in [6.07, 6.45) is 1.88. The summed E-state index contributed by atoms with van der Waals surface area (Å²) >= 11 is 0. The molecule has 1 unspecified atom stereocenters. The molecule has 0 rings (SSSR count). The molecule has 0 bridgehead atoms. The first-order chi connectivity index (χ1) is 9.14. The summed E-state index contributed by atoms with van der Waals surface area (Å²) in [5.74, 6) is -1.03. The summed E-state index contributed by atoms with van der Waals surface area (Å²) in [7, 11) is 0. The Morgan fingerprint density at radius 1 is 1.20 bits per heavy atom. The lowest BCUT2D eigenvalue weighted by molar-refractivity contribution is -0.141. The van der Waals surface area contributed by atoms with E-state index in [-0.39, 0.29) is 6.10 Å². The van der Waals surface area contributed by atoms with Crippen molar-refractivity contribution in [1.29, 1.82) is 0 Å². The summed E-state index contributed by atoms with van der Waals surface area (Å²) in [6.45, 7) is 10.4. The molecule has 0 saturated heterocycles. The van der Waals surface area contributed by atoms with E-state index in [4.69, 9.17) is 9.84 Å². The van der Waals surface area contributed by atoms with Crippen LogP contribution < -0.4 is 10.6 Å². The van der Waals surface area contributed by atoms with Gasteiger partial charge >= 0.3 is 12.0 Å². The van der Waals surface area contributed by atoms with Crippen molar-refractivity contribution in [1.82, 2.24) is 10.6 Å². The molecule has 1 atom stereocenters. The van der Waals surface area contributed by atoms with E-state index >= 15 is 0 Å². The predicted molar refractivity (Wildman–Crippen MR) is 77.7 cm³/mol. The van der Waals surface area contributed by atoms with E-state index in [0.29, 0.717) is 13.2 Å². The number of unbranched alkanes of at least 4 members (excludes halogenated alkanes) is 1. The van der Waals surface area contributed by atoms with Gasteiger partial charge in [0.1, 0.15) is 6.04 Å². The molecule has 0 aliphatic heterocycles. The van der Waals surface area contributed by atoms with Gasteiger partial charge in [0.25, 0.3) is 0 Å². The number of carbonyl (C=O) groups excluding carboxylic acids is 1. The summed E-state index contributed by atoms with van der Waals surface area (Å²) in [5.41, 5.74) is -0.533. The maximum absolute atomic E-state index is 11.6. The highest BCUT2D eigenvalue weighted by atomic mass is 16.5. The summed E-state index contributed by atoms with van der Waals surface area (Å²) < 4.78 is 5.38. The number of nitrogens with one attached hydrogen (secondary N) is 2. The van der Waals surface area contributed by atoms with E-state index < -0.39 is 23.5 Å². The van der Waals surface area contributed by atoms with Gasteiger partial charge in [-0.25, -0.2) is 9.59 Å².